The molecule has 0 bridgehead atoms. The Morgan fingerprint density at radius 1 is 1.39 bits per heavy atom. The second-order valence-corrected chi connectivity index (χ2v) is 6.17. The molecular formula is C14H26N2O2. The van der Waals surface area contributed by atoms with E-state index in [2.05, 4.69) is 17.6 Å². The van der Waals surface area contributed by atoms with Gasteiger partial charge in [-0.15, -0.1) is 0 Å². The van der Waals surface area contributed by atoms with Crippen LogP contribution in [0.1, 0.15) is 45.4 Å². The van der Waals surface area contributed by atoms with E-state index in [0.29, 0.717) is 12.5 Å². The molecule has 3 N–H and O–H groups in total. The van der Waals surface area contributed by atoms with Crippen LogP contribution in [0.25, 0.3) is 0 Å². The summed E-state index contributed by atoms with van der Waals surface area (Å²) in [7, 11) is 0. The molecule has 2 rings (SSSR count). The molecule has 0 aromatic carbocycles. The number of nitrogens with one attached hydrogen (secondary N) is 2. The molecule has 1 atom stereocenters. The molecule has 4 heteroatoms. The van der Waals surface area contributed by atoms with E-state index < -0.39 is 5.60 Å². The van der Waals surface area contributed by atoms with Gasteiger partial charge in [-0.3, -0.25) is 4.79 Å². The second kappa shape index (κ2) is 6.02. The van der Waals surface area contributed by atoms with Crippen molar-refractivity contribution in [2.24, 2.45) is 11.8 Å². The Morgan fingerprint density at radius 3 is 2.72 bits per heavy atom. The monoisotopic (exact) mass is 254 g/mol. The molecular weight excluding hydrogens is 228 g/mol. The predicted molar refractivity (Wildman–Crippen MR) is 71.2 cm³/mol. The number of aliphatic hydroxyl groups is 1. The van der Waals surface area contributed by atoms with Crippen LogP contribution in [0.15, 0.2) is 0 Å². The summed E-state index contributed by atoms with van der Waals surface area (Å²) in [4.78, 5) is 12.0. The van der Waals surface area contributed by atoms with Crippen molar-refractivity contribution in [3.05, 3.63) is 0 Å². The van der Waals surface area contributed by atoms with Gasteiger partial charge in [-0.05, 0) is 51.0 Å². The topological polar surface area (TPSA) is 61.4 Å². The summed E-state index contributed by atoms with van der Waals surface area (Å²) in [5.41, 5.74) is -0.662. The molecule has 1 amide bonds. The van der Waals surface area contributed by atoms with Crippen LogP contribution in [0, 0.1) is 11.8 Å². The highest BCUT2D eigenvalue weighted by atomic mass is 16.3. The van der Waals surface area contributed by atoms with Gasteiger partial charge in [0, 0.05) is 13.1 Å². The zero-order chi connectivity index (χ0) is 13.0. The molecule has 1 aliphatic heterocycles. The number of carbonyl (C=O) groups excluding carboxylic acids is 1. The quantitative estimate of drug-likeness (QED) is 0.705. The van der Waals surface area contributed by atoms with Gasteiger partial charge < -0.3 is 15.7 Å². The Bertz CT molecular complexity index is 280. The molecule has 104 valence electrons. The predicted octanol–water partition coefficient (Wildman–Crippen LogP) is 1.04. The minimum absolute atomic E-state index is 0.0878. The maximum absolute atomic E-state index is 12.0. The molecule has 0 aromatic rings. The molecule has 1 saturated heterocycles. The molecule has 18 heavy (non-hydrogen) atoms. The third kappa shape index (κ3) is 3.69. The first-order valence-corrected chi connectivity index (χ1v) is 7.30. The van der Waals surface area contributed by atoms with Crippen molar-refractivity contribution >= 4 is 5.91 Å². The van der Waals surface area contributed by atoms with Gasteiger partial charge >= 0.3 is 0 Å². The lowest BCUT2D eigenvalue weighted by Crippen LogP contribution is -2.48. The van der Waals surface area contributed by atoms with E-state index in [1.54, 1.807) is 0 Å². The van der Waals surface area contributed by atoms with Crippen molar-refractivity contribution in [1.82, 2.24) is 10.6 Å². The van der Waals surface area contributed by atoms with Crippen molar-refractivity contribution in [2.45, 2.75) is 51.0 Å². The van der Waals surface area contributed by atoms with Crippen LogP contribution in [0.3, 0.4) is 0 Å². The number of rotatable bonds is 3. The Kier molecular flexibility index (Phi) is 4.62. The second-order valence-electron chi connectivity index (χ2n) is 6.17. The maximum atomic E-state index is 12.0. The fourth-order valence-electron chi connectivity index (χ4n) is 2.95. The average molecular weight is 254 g/mol. The van der Waals surface area contributed by atoms with Gasteiger partial charge in [-0.25, -0.2) is 0 Å². The van der Waals surface area contributed by atoms with Crippen molar-refractivity contribution < 1.29 is 9.90 Å². The Balaban J connectivity index is 1.74. The molecule has 1 heterocycles. The molecule has 1 aliphatic carbocycles. The molecule has 0 spiro atoms. The van der Waals surface area contributed by atoms with E-state index in [9.17, 15) is 9.90 Å². The van der Waals surface area contributed by atoms with Gasteiger partial charge in [0.2, 0.25) is 5.91 Å². The SMILES string of the molecule is CC1CCC(O)(CNC(=O)[C@@H]2CCCNC2)CC1. The number of hydrogen-bond donors (Lipinski definition) is 3. The fraction of sp³-hybridized carbons (Fsp3) is 0.929. The molecule has 0 radical (unpaired) electrons. The van der Waals surface area contributed by atoms with Crippen LogP contribution in [0.5, 0.6) is 0 Å². The van der Waals surface area contributed by atoms with Crippen LogP contribution in [-0.4, -0.2) is 36.2 Å². The first kappa shape index (κ1) is 13.8. The molecule has 4 nitrogen and oxygen atoms in total. The highest BCUT2D eigenvalue weighted by Gasteiger charge is 2.32. The van der Waals surface area contributed by atoms with Crippen LogP contribution in [0.2, 0.25) is 0 Å². The summed E-state index contributed by atoms with van der Waals surface area (Å²) in [6.45, 7) is 4.45. The number of carbonyl (C=O) groups is 1. The zero-order valence-electron chi connectivity index (χ0n) is 11.4. The normalized spacial score (nSPS) is 37.2. The van der Waals surface area contributed by atoms with Crippen molar-refractivity contribution in [1.29, 1.82) is 0 Å². The number of piperidine rings is 1. The first-order valence-electron chi connectivity index (χ1n) is 7.30. The molecule has 0 unspecified atom stereocenters. The van der Waals surface area contributed by atoms with Crippen LogP contribution >= 0.6 is 0 Å². The summed E-state index contributed by atoms with van der Waals surface area (Å²) in [6.07, 6.45) is 5.80. The lowest BCUT2D eigenvalue weighted by Gasteiger charge is -2.35. The highest BCUT2D eigenvalue weighted by molar-refractivity contribution is 5.79. The van der Waals surface area contributed by atoms with E-state index in [0.717, 1.165) is 51.6 Å². The largest absolute Gasteiger partial charge is 0.388 e. The van der Waals surface area contributed by atoms with Gasteiger partial charge in [0.25, 0.3) is 0 Å². The number of amides is 1. The zero-order valence-corrected chi connectivity index (χ0v) is 11.4. The lowest BCUT2D eigenvalue weighted by atomic mass is 9.79. The standard InChI is InChI=1S/C14H26N2O2/c1-11-4-6-14(18,7-5-11)10-16-13(17)12-3-2-8-15-9-12/h11-12,15,18H,2-10H2,1H3,(H,16,17)/t11?,12-,14?/m1/s1. The van der Waals surface area contributed by atoms with E-state index in [4.69, 9.17) is 0 Å². The third-order valence-electron chi connectivity index (χ3n) is 4.46. The first-order chi connectivity index (χ1) is 8.59. The number of hydrogen-bond acceptors (Lipinski definition) is 3. The van der Waals surface area contributed by atoms with E-state index in [1.165, 1.54) is 0 Å². The summed E-state index contributed by atoms with van der Waals surface area (Å²) in [5, 5.41) is 16.6. The van der Waals surface area contributed by atoms with E-state index in [1.807, 2.05) is 0 Å². The van der Waals surface area contributed by atoms with E-state index >= 15 is 0 Å². The average Bonchev–Trinajstić information content (AvgIpc) is 2.41. The Morgan fingerprint density at radius 2 is 2.11 bits per heavy atom. The summed E-state index contributed by atoms with van der Waals surface area (Å²) in [5.74, 6) is 0.905. The smallest absolute Gasteiger partial charge is 0.224 e. The highest BCUT2D eigenvalue weighted by Crippen LogP contribution is 2.31. The summed E-state index contributed by atoms with van der Waals surface area (Å²) >= 11 is 0. The third-order valence-corrected chi connectivity index (χ3v) is 4.46. The van der Waals surface area contributed by atoms with Gasteiger partial charge in [0.1, 0.15) is 0 Å². The Hall–Kier alpha value is -0.610. The fourth-order valence-corrected chi connectivity index (χ4v) is 2.95. The molecule has 0 aromatic heterocycles. The van der Waals surface area contributed by atoms with Crippen LogP contribution < -0.4 is 10.6 Å². The summed E-state index contributed by atoms with van der Waals surface area (Å²) in [6, 6.07) is 0. The van der Waals surface area contributed by atoms with Crippen LogP contribution in [-0.2, 0) is 4.79 Å². The van der Waals surface area contributed by atoms with Crippen LogP contribution in [0.4, 0.5) is 0 Å². The maximum Gasteiger partial charge on any atom is 0.224 e. The lowest BCUT2D eigenvalue weighted by molar-refractivity contribution is -0.127. The van der Waals surface area contributed by atoms with Gasteiger partial charge in [-0.2, -0.15) is 0 Å². The summed E-state index contributed by atoms with van der Waals surface area (Å²) < 4.78 is 0. The minimum Gasteiger partial charge on any atom is -0.388 e. The minimum atomic E-state index is -0.662. The molecule has 2 fully saturated rings. The van der Waals surface area contributed by atoms with Gasteiger partial charge in [0.15, 0.2) is 0 Å². The van der Waals surface area contributed by atoms with Crippen molar-refractivity contribution in [3.63, 3.8) is 0 Å². The van der Waals surface area contributed by atoms with E-state index in [-0.39, 0.29) is 11.8 Å². The van der Waals surface area contributed by atoms with Gasteiger partial charge in [-0.1, -0.05) is 6.92 Å². The van der Waals surface area contributed by atoms with Crippen molar-refractivity contribution in [3.8, 4) is 0 Å². The van der Waals surface area contributed by atoms with Gasteiger partial charge in [0.05, 0.1) is 11.5 Å². The molecule has 1 saturated carbocycles. The Labute approximate surface area is 110 Å². The molecule has 2 aliphatic rings. The van der Waals surface area contributed by atoms with Crippen molar-refractivity contribution in [2.75, 3.05) is 19.6 Å².